The molecule has 0 atom stereocenters. The summed E-state index contributed by atoms with van der Waals surface area (Å²) in [7, 11) is 0. The third-order valence-corrected chi connectivity index (χ3v) is 4.93. The summed E-state index contributed by atoms with van der Waals surface area (Å²) in [5.74, 6) is -1.46. The van der Waals surface area contributed by atoms with Crippen LogP contribution in [-0.2, 0) is 25.5 Å². The summed E-state index contributed by atoms with van der Waals surface area (Å²) >= 11 is 0. The zero-order chi connectivity index (χ0) is 22.8. The van der Waals surface area contributed by atoms with E-state index in [9.17, 15) is 9.59 Å². The van der Waals surface area contributed by atoms with Gasteiger partial charge >= 0.3 is 11.9 Å². The molecular weight excluding hydrogens is 402 g/mol. The Kier molecular flexibility index (Phi) is 7.92. The lowest BCUT2D eigenvalue weighted by Crippen LogP contribution is -2.50. The average molecular weight is 430 g/mol. The molecule has 0 heterocycles. The van der Waals surface area contributed by atoms with Gasteiger partial charge in [-0.25, -0.2) is 9.59 Å². The normalized spacial score (nSPS) is 10.8. The second-order valence-electron chi connectivity index (χ2n) is 7.16. The summed E-state index contributed by atoms with van der Waals surface area (Å²) in [5, 5.41) is 0. The summed E-state index contributed by atoms with van der Waals surface area (Å²) in [6.07, 6.45) is 0.0225. The van der Waals surface area contributed by atoms with Crippen molar-refractivity contribution in [3.05, 3.63) is 108 Å². The van der Waals surface area contributed by atoms with Crippen LogP contribution in [0.25, 0.3) is 0 Å². The number of hydrogen-bond acceptors (Lipinski definition) is 5. The van der Waals surface area contributed by atoms with Crippen LogP contribution in [0.4, 0.5) is 0 Å². The number of rotatable bonds is 9. The van der Waals surface area contributed by atoms with E-state index in [0.717, 1.165) is 16.7 Å². The predicted molar refractivity (Wildman–Crippen MR) is 125 cm³/mol. The van der Waals surface area contributed by atoms with Gasteiger partial charge in [-0.05, 0) is 19.4 Å². The SMILES string of the molecule is CCOC(=O)C(Cc1ccccc1)(N=C(c1ccccc1)c1ccccc1)C(=O)OCC. The smallest absolute Gasteiger partial charge is 0.346 e. The molecule has 3 aromatic carbocycles. The second kappa shape index (κ2) is 11.0. The maximum Gasteiger partial charge on any atom is 0.346 e. The van der Waals surface area contributed by atoms with Gasteiger partial charge in [0.25, 0.3) is 5.54 Å². The summed E-state index contributed by atoms with van der Waals surface area (Å²) in [4.78, 5) is 31.6. The quantitative estimate of drug-likeness (QED) is 0.283. The molecule has 0 aliphatic heterocycles. The zero-order valence-electron chi connectivity index (χ0n) is 18.4. The minimum Gasteiger partial charge on any atom is -0.464 e. The van der Waals surface area contributed by atoms with Crippen molar-refractivity contribution in [2.75, 3.05) is 13.2 Å². The van der Waals surface area contributed by atoms with Crippen molar-refractivity contribution in [1.82, 2.24) is 0 Å². The number of benzene rings is 3. The van der Waals surface area contributed by atoms with E-state index in [1.807, 2.05) is 91.0 Å². The van der Waals surface area contributed by atoms with Crippen LogP contribution in [0.5, 0.6) is 0 Å². The van der Waals surface area contributed by atoms with E-state index >= 15 is 0 Å². The Morgan fingerprint density at radius 3 is 1.50 bits per heavy atom. The lowest BCUT2D eigenvalue weighted by atomic mass is 9.89. The summed E-state index contributed by atoms with van der Waals surface area (Å²) in [6.45, 7) is 3.65. The van der Waals surface area contributed by atoms with Crippen molar-refractivity contribution < 1.29 is 19.1 Å². The Morgan fingerprint density at radius 1 is 0.688 bits per heavy atom. The molecule has 3 rings (SSSR count). The van der Waals surface area contributed by atoms with Gasteiger partial charge in [-0.3, -0.25) is 4.99 Å². The first-order valence-electron chi connectivity index (χ1n) is 10.7. The van der Waals surface area contributed by atoms with Crippen LogP contribution >= 0.6 is 0 Å². The fourth-order valence-electron chi connectivity index (χ4n) is 3.43. The molecule has 0 spiro atoms. The van der Waals surface area contributed by atoms with Gasteiger partial charge < -0.3 is 9.47 Å². The van der Waals surface area contributed by atoms with E-state index in [1.54, 1.807) is 13.8 Å². The Labute approximate surface area is 188 Å². The molecular formula is C27H27NO4. The lowest BCUT2D eigenvalue weighted by molar-refractivity contribution is -0.163. The number of carbonyl (C=O) groups excluding carboxylic acids is 2. The molecule has 5 nitrogen and oxygen atoms in total. The number of carbonyl (C=O) groups is 2. The largest absolute Gasteiger partial charge is 0.464 e. The monoisotopic (exact) mass is 429 g/mol. The van der Waals surface area contributed by atoms with Crippen LogP contribution in [0.2, 0.25) is 0 Å². The van der Waals surface area contributed by atoms with Gasteiger partial charge in [-0.15, -0.1) is 0 Å². The number of hydrogen-bond donors (Lipinski definition) is 0. The highest BCUT2D eigenvalue weighted by molar-refractivity contribution is 6.16. The van der Waals surface area contributed by atoms with E-state index in [2.05, 4.69) is 0 Å². The average Bonchev–Trinajstić information content (AvgIpc) is 2.83. The summed E-state index contributed by atoms with van der Waals surface area (Å²) < 4.78 is 10.7. The molecule has 32 heavy (non-hydrogen) atoms. The Balaban J connectivity index is 2.27. The third kappa shape index (κ3) is 5.30. The molecule has 0 aliphatic rings. The zero-order valence-corrected chi connectivity index (χ0v) is 18.4. The minimum atomic E-state index is -1.88. The number of aliphatic imine (C=N–C) groups is 1. The van der Waals surface area contributed by atoms with Crippen molar-refractivity contribution in [3.8, 4) is 0 Å². The second-order valence-corrected chi connectivity index (χ2v) is 7.16. The summed E-state index contributed by atoms with van der Waals surface area (Å²) in [5.41, 5.74) is 0.976. The van der Waals surface area contributed by atoms with E-state index in [1.165, 1.54) is 0 Å². The number of nitrogens with zero attached hydrogens (tertiary/aromatic N) is 1. The van der Waals surface area contributed by atoms with Gasteiger partial charge in [-0.2, -0.15) is 0 Å². The maximum absolute atomic E-state index is 13.4. The Bertz CT molecular complexity index is 987. The van der Waals surface area contributed by atoms with Gasteiger partial charge in [0.05, 0.1) is 18.9 Å². The van der Waals surface area contributed by atoms with E-state index in [4.69, 9.17) is 14.5 Å². The molecule has 5 heteroatoms. The maximum atomic E-state index is 13.4. The highest BCUT2D eigenvalue weighted by Crippen LogP contribution is 2.26. The first-order chi connectivity index (χ1) is 15.6. The van der Waals surface area contributed by atoms with Crippen molar-refractivity contribution in [2.45, 2.75) is 25.8 Å². The fraction of sp³-hybridized carbons (Fsp3) is 0.222. The van der Waals surface area contributed by atoms with Crippen molar-refractivity contribution >= 4 is 17.7 Å². The molecule has 164 valence electrons. The van der Waals surface area contributed by atoms with Gasteiger partial charge in [0.15, 0.2) is 0 Å². The van der Waals surface area contributed by atoms with E-state index in [0.29, 0.717) is 5.71 Å². The van der Waals surface area contributed by atoms with Gasteiger partial charge in [0.2, 0.25) is 0 Å². The number of ether oxygens (including phenoxy) is 2. The van der Waals surface area contributed by atoms with Crippen LogP contribution < -0.4 is 0 Å². The van der Waals surface area contributed by atoms with Gasteiger partial charge in [0.1, 0.15) is 0 Å². The minimum absolute atomic E-state index is 0.0225. The van der Waals surface area contributed by atoms with Crippen molar-refractivity contribution in [2.24, 2.45) is 4.99 Å². The van der Waals surface area contributed by atoms with Crippen molar-refractivity contribution in [1.29, 1.82) is 0 Å². The molecule has 0 bridgehead atoms. The molecule has 0 amide bonds. The molecule has 0 aromatic heterocycles. The van der Waals surface area contributed by atoms with Crippen LogP contribution in [0, 0.1) is 0 Å². The molecule has 3 aromatic rings. The van der Waals surface area contributed by atoms with Gasteiger partial charge in [0, 0.05) is 17.5 Å². The highest BCUT2D eigenvalue weighted by atomic mass is 16.6. The molecule has 0 saturated carbocycles. The standard InChI is InChI=1S/C27H27NO4/c1-3-31-25(29)27(26(30)32-4-2,20-21-14-8-5-9-15-21)28-24(22-16-10-6-11-17-22)23-18-12-7-13-19-23/h5-19H,3-4,20H2,1-2H3. The summed E-state index contributed by atoms with van der Waals surface area (Å²) in [6, 6.07) is 28.3. The molecule has 0 unspecified atom stereocenters. The van der Waals surface area contributed by atoms with Crippen LogP contribution in [0.3, 0.4) is 0 Å². The molecule has 0 fully saturated rings. The van der Waals surface area contributed by atoms with Crippen molar-refractivity contribution in [3.63, 3.8) is 0 Å². The van der Waals surface area contributed by atoms with Crippen LogP contribution in [0.1, 0.15) is 30.5 Å². The molecule has 0 N–H and O–H groups in total. The third-order valence-electron chi connectivity index (χ3n) is 4.93. The molecule has 0 aliphatic carbocycles. The number of esters is 2. The molecule has 0 saturated heterocycles. The van der Waals surface area contributed by atoms with E-state index in [-0.39, 0.29) is 19.6 Å². The highest BCUT2D eigenvalue weighted by Gasteiger charge is 2.49. The predicted octanol–water partition coefficient (Wildman–Crippen LogP) is 4.63. The van der Waals surface area contributed by atoms with Gasteiger partial charge in [-0.1, -0.05) is 91.0 Å². The Hall–Kier alpha value is -3.73. The topological polar surface area (TPSA) is 65.0 Å². The fourth-order valence-corrected chi connectivity index (χ4v) is 3.43. The first kappa shape index (κ1) is 22.9. The van der Waals surface area contributed by atoms with Crippen LogP contribution in [-0.4, -0.2) is 36.4 Å². The first-order valence-corrected chi connectivity index (χ1v) is 10.7. The van der Waals surface area contributed by atoms with E-state index < -0.39 is 17.5 Å². The van der Waals surface area contributed by atoms with Crippen LogP contribution in [0.15, 0.2) is 96.0 Å². The Morgan fingerprint density at radius 2 is 1.09 bits per heavy atom. The molecule has 0 radical (unpaired) electrons. The lowest BCUT2D eigenvalue weighted by Gasteiger charge is -2.27.